The fourth-order valence-corrected chi connectivity index (χ4v) is 8.55. The zero-order valence-electron chi connectivity index (χ0n) is 25.4. The van der Waals surface area contributed by atoms with Crippen molar-refractivity contribution in [3.63, 3.8) is 0 Å². The van der Waals surface area contributed by atoms with Crippen LogP contribution in [0.2, 0.25) is 0 Å². The van der Waals surface area contributed by atoms with Crippen molar-refractivity contribution in [3.8, 4) is 16.8 Å². The zero-order valence-corrected chi connectivity index (χ0v) is 26.3. The van der Waals surface area contributed by atoms with Gasteiger partial charge in [0.15, 0.2) is 0 Å². The van der Waals surface area contributed by atoms with Crippen molar-refractivity contribution in [2.45, 2.75) is 0 Å². The van der Waals surface area contributed by atoms with Crippen molar-refractivity contribution in [3.05, 3.63) is 164 Å². The second-order valence-electron chi connectivity index (χ2n) is 12.2. The summed E-state index contributed by atoms with van der Waals surface area (Å²) in [5, 5.41) is 14.0. The summed E-state index contributed by atoms with van der Waals surface area (Å²) in [4.78, 5) is 0. The summed E-state index contributed by atoms with van der Waals surface area (Å²) in [7, 11) is 0. The fourth-order valence-electron chi connectivity index (χ4n) is 7.41. The van der Waals surface area contributed by atoms with Gasteiger partial charge in [-0.1, -0.05) is 115 Å². The van der Waals surface area contributed by atoms with Gasteiger partial charge in [0.05, 0.1) is 16.7 Å². The molecule has 2 aromatic heterocycles. The Morgan fingerprint density at radius 3 is 1.98 bits per heavy atom. The lowest BCUT2D eigenvalue weighted by molar-refractivity contribution is 1.20. The van der Waals surface area contributed by atoms with Crippen molar-refractivity contribution in [2.75, 3.05) is 5.32 Å². The molecule has 0 aliphatic heterocycles. The topological polar surface area (TPSA) is 17.0 Å². The van der Waals surface area contributed by atoms with E-state index in [-0.39, 0.29) is 0 Å². The predicted octanol–water partition coefficient (Wildman–Crippen LogP) is 12.9. The summed E-state index contributed by atoms with van der Waals surface area (Å²) in [6, 6.07) is 59.6. The van der Waals surface area contributed by atoms with Crippen LogP contribution in [-0.4, -0.2) is 4.57 Å². The zero-order chi connectivity index (χ0) is 30.9. The van der Waals surface area contributed by atoms with Gasteiger partial charge < -0.3 is 9.88 Å². The van der Waals surface area contributed by atoms with E-state index in [2.05, 4.69) is 174 Å². The Bertz CT molecular complexity index is 2820. The van der Waals surface area contributed by atoms with Gasteiger partial charge in [-0.2, -0.15) is 0 Å². The smallest absolute Gasteiger partial charge is 0.0562 e. The first kappa shape index (κ1) is 26.3. The van der Waals surface area contributed by atoms with E-state index < -0.39 is 0 Å². The first-order valence-corrected chi connectivity index (χ1v) is 16.8. The predicted molar refractivity (Wildman–Crippen MR) is 204 cm³/mol. The minimum Gasteiger partial charge on any atom is -0.355 e. The van der Waals surface area contributed by atoms with Gasteiger partial charge in [0.2, 0.25) is 0 Å². The summed E-state index contributed by atoms with van der Waals surface area (Å²) in [5.41, 5.74) is 8.11. The number of nitrogens with one attached hydrogen (secondary N) is 1. The monoisotopic (exact) mass is 616 g/mol. The molecule has 0 unspecified atom stereocenters. The van der Waals surface area contributed by atoms with E-state index in [0.717, 1.165) is 11.4 Å². The lowest BCUT2D eigenvalue weighted by atomic mass is 9.98. The second-order valence-corrected chi connectivity index (χ2v) is 13.3. The molecule has 0 spiro atoms. The van der Waals surface area contributed by atoms with E-state index in [0.29, 0.717) is 0 Å². The molecule has 1 N–H and O–H groups in total. The highest BCUT2D eigenvalue weighted by Crippen LogP contribution is 2.44. The van der Waals surface area contributed by atoms with Crippen LogP contribution in [0.25, 0.3) is 80.3 Å². The van der Waals surface area contributed by atoms with Crippen LogP contribution in [0.4, 0.5) is 11.4 Å². The summed E-state index contributed by atoms with van der Waals surface area (Å²) in [6.45, 7) is 0. The summed E-state index contributed by atoms with van der Waals surface area (Å²) >= 11 is 1.87. The Labute approximate surface area is 275 Å². The van der Waals surface area contributed by atoms with E-state index in [1.807, 2.05) is 11.3 Å². The van der Waals surface area contributed by atoms with Crippen molar-refractivity contribution in [1.82, 2.24) is 4.57 Å². The van der Waals surface area contributed by atoms with Crippen molar-refractivity contribution >= 4 is 86.2 Å². The Morgan fingerprint density at radius 2 is 1.11 bits per heavy atom. The molecule has 0 bridgehead atoms. The van der Waals surface area contributed by atoms with E-state index >= 15 is 0 Å². The third-order valence-electron chi connectivity index (χ3n) is 9.54. The number of benzene rings is 8. The molecule has 10 rings (SSSR count). The number of rotatable bonds is 4. The lowest BCUT2D eigenvalue weighted by Gasteiger charge is -2.17. The van der Waals surface area contributed by atoms with Crippen LogP contribution in [0.3, 0.4) is 0 Å². The number of aromatic nitrogens is 1. The maximum Gasteiger partial charge on any atom is 0.0562 e. The summed E-state index contributed by atoms with van der Waals surface area (Å²) in [5.74, 6) is 0. The SMILES string of the molecule is c1ccc(Nc2cc3c(cc2-c2ccc4c(c2)sc2ccccc24)c2ccccc2n3-c2cc3ccccc3c3ccccc23)cc1. The molecule has 0 atom stereocenters. The normalized spacial score (nSPS) is 11.8. The molecule has 0 aliphatic rings. The summed E-state index contributed by atoms with van der Waals surface area (Å²) < 4.78 is 5.09. The number of fused-ring (bicyclic) bond motifs is 9. The van der Waals surface area contributed by atoms with E-state index in [1.54, 1.807) is 0 Å². The molecule has 0 amide bonds. The molecule has 47 heavy (non-hydrogen) atoms. The number of para-hydroxylation sites is 2. The number of nitrogens with zero attached hydrogens (tertiary/aromatic N) is 1. The van der Waals surface area contributed by atoms with Crippen molar-refractivity contribution in [2.24, 2.45) is 0 Å². The Balaban J connectivity index is 1.29. The third kappa shape index (κ3) is 4.10. The van der Waals surface area contributed by atoms with Gasteiger partial charge in [0.1, 0.15) is 0 Å². The van der Waals surface area contributed by atoms with Crippen LogP contribution < -0.4 is 5.32 Å². The molecule has 0 fully saturated rings. The van der Waals surface area contributed by atoms with Crippen LogP contribution in [-0.2, 0) is 0 Å². The van der Waals surface area contributed by atoms with Gasteiger partial charge in [-0.15, -0.1) is 11.3 Å². The minimum atomic E-state index is 1.06. The number of hydrogen-bond acceptors (Lipinski definition) is 2. The second kappa shape index (κ2) is 10.3. The third-order valence-corrected chi connectivity index (χ3v) is 10.7. The quantitative estimate of drug-likeness (QED) is 0.195. The molecular formula is C44H28N2S. The molecule has 8 aromatic carbocycles. The van der Waals surface area contributed by atoms with Crippen molar-refractivity contribution < 1.29 is 0 Å². The maximum absolute atomic E-state index is 3.82. The van der Waals surface area contributed by atoms with Crippen molar-refractivity contribution in [1.29, 1.82) is 0 Å². The Kier molecular flexibility index (Phi) is 5.78. The molecule has 220 valence electrons. The fraction of sp³-hybridized carbons (Fsp3) is 0. The van der Waals surface area contributed by atoms with Crippen LogP contribution >= 0.6 is 11.3 Å². The molecule has 2 nitrogen and oxygen atoms in total. The molecule has 0 saturated carbocycles. The first-order chi connectivity index (χ1) is 23.3. The molecular weight excluding hydrogens is 589 g/mol. The highest BCUT2D eigenvalue weighted by atomic mass is 32.1. The van der Waals surface area contributed by atoms with Gasteiger partial charge in [-0.05, 0) is 70.3 Å². The first-order valence-electron chi connectivity index (χ1n) is 16.0. The summed E-state index contributed by atoms with van der Waals surface area (Å²) in [6.07, 6.45) is 0. The Hall–Kier alpha value is -5.90. The van der Waals surface area contributed by atoms with E-state index in [9.17, 15) is 0 Å². The highest BCUT2D eigenvalue weighted by Gasteiger charge is 2.19. The number of thiophene rings is 1. The van der Waals surface area contributed by atoms with Crippen LogP contribution in [0.1, 0.15) is 0 Å². The molecule has 3 heteroatoms. The van der Waals surface area contributed by atoms with Gasteiger partial charge >= 0.3 is 0 Å². The molecule has 10 aromatic rings. The van der Waals surface area contributed by atoms with Gasteiger partial charge in [0.25, 0.3) is 0 Å². The number of hydrogen-bond donors (Lipinski definition) is 1. The van der Waals surface area contributed by atoms with E-state index in [1.165, 1.54) is 80.3 Å². The van der Waals surface area contributed by atoms with E-state index in [4.69, 9.17) is 0 Å². The number of anilines is 2. The average molecular weight is 617 g/mol. The Morgan fingerprint density at radius 1 is 0.426 bits per heavy atom. The largest absolute Gasteiger partial charge is 0.355 e. The van der Waals surface area contributed by atoms with Crippen LogP contribution in [0.15, 0.2) is 164 Å². The van der Waals surface area contributed by atoms with Crippen LogP contribution in [0.5, 0.6) is 0 Å². The maximum atomic E-state index is 3.82. The minimum absolute atomic E-state index is 1.06. The standard InChI is InChI=1S/C44H28N2S/c1-2-13-30(14-3-1)45-39-27-42-38(26-37(39)29-22-23-36-35-19-9-11-21-43(35)47-44(36)25-29)34-18-8-10-20-40(34)46(42)41-24-28-12-4-5-15-31(28)32-16-6-7-17-33(32)41/h1-27,45H. The lowest BCUT2D eigenvalue weighted by Crippen LogP contribution is -1.98. The van der Waals surface area contributed by atoms with Crippen LogP contribution in [0, 0.1) is 0 Å². The molecule has 0 radical (unpaired) electrons. The van der Waals surface area contributed by atoms with Gasteiger partial charge in [-0.25, -0.2) is 0 Å². The van der Waals surface area contributed by atoms with Gasteiger partial charge in [0, 0.05) is 53.3 Å². The molecule has 2 heterocycles. The molecule has 0 saturated heterocycles. The molecule has 0 aliphatic carbocycles. The highest BCUT2D eigenvalue weighted by molar-refractivity contribution is 7.25. The average Bonchev–Trinajstić information content (AvgIpc) is 3.66. The van der Waals surface area contributed by atoms with Gasteiger partial charge in [-0.3, -0.25) is 0 Å².